The Morgan fingerprint density at radius 3 is 3.00 bits per heavy atom. The standard InChI is InChI=1S/C16H26N2O3/c1-12(2)18(10-13-5-4-7-17-9-13)11-14-6-8-21-15(14)16(19)20-3/h6,8,12-13,17H,4-5,7,9-11H2,1-3H3. The number of carbonyl (C=O) groups is 1. The van der Waals surface area contributed by atoms with Crippen LogP contribution in [0, 0.1) is 5.92 Å². The van der Waals surface area contributed by atoms with E-state index >= 15 is 0 Å². The molecule has 1 aromatic rings. The lowest BCUT2D eigenvalue weighted by molar-refractivity contribution is 0.0560. The third-order valence-electron chi connectivity index (χ3n) is 4.11. The van der Waals surface area contributed by atoms with E-state index in [4.69, 9.17) is 9.15 Å². The molecule has 1 unspecified atom stereocenters. The maximum Gasteiger partial charge on any atom is 0.374 e. The SMILES string of the molecule is COC(=O)c1occc1CN(CC1CCCNC1)C(C)C. The number of hydrogen-bond donors (Lipinski definition) is 1. The Labute approximate surface area is 126 Å². The van der Waals surface area contributed by atoms with Gasteiger partial charge in [0, 0.05) is 24.7 Å². The zero-order chi connectivity index (χ0) is 15.2. The molecule has 2 heterocycles. The molecule has 0 saturated carbocycles. The third kappa shape index (κ3) is 4.32. The van der Waals surface area contributed by atoms with Gasteiger partial charge in [0.25, 0.3) is 0 Å². The fraction of sp³-hybridized carbons (Fsp3) is 0.688. The van der Waals surface area contributed by atoms with E-state index in [0.717, 1.165) is 31.7 Å². The molecule has 1 aliphatic heterocycles. The number of methoxy groups -OCH3 is 1. The Balaban J connectivity index is 2.02. The van der Waals surface area contributed by atoms with Crippen LogP contribution in [-0.2, 0) is 11.3 Å². The van der Waals surface area contributed by atoms with Crippen molar-refractivity contribution in [2.24, 2.45) is 5.92 Å². The van der Waals surface area contributed by atoms with Gasteiger partial charge in [-0.1, -0.05) is 0 Å². The lowest BCUT2D eigenvalue weighted by atomic mass is 9.98. The largest absolute Gasteiger partial charge is 0.463 e. The molecule has 0 aliphatic carbocycles. The molecule has 5 heteroatoms. The van der Waals surface area contributed by atoms with Crippen LogP contribution in [0.5, 0.6) is 0 Å². The molecule has 0 bridgehead atoms. The van der Waals surface area contributed by atoms with Crippen molar-refractivity contribution >= 4 is 5.97 Å². The van der Waals surface area contributed by atoms with Crippen molar-refractivity contribution in [1.29, 1.82) is 0 Å². The Morgan fingerprint density at radius 2 is 2.38 bits per heavy atom. The van der Waals surface area contributed by atoms with Gasteiger partial charge < -0.3 is 14.5 Å². The Hall–Kier alpha value is -1.33. The quantitative estimate of drug-likeness (QED) is 0.816. The van der Waals surface area contributed by atoms with Crippen molar-refractivity contribution < 1.29 is 13.9 Å². The van der Waals surface area contributed by atoms with E-state index in [1.165, 1.54) is 20.0 Å². The van der Waals surface area contributed by atoms with Crippen LogP contribution in [0.3, 0.4) is 0 Å². The number of nitrogens with one attached hydrogen (secondary N) is 1. The van der Waals surface area contributed by atoms with Gasteiger partial charge in [-0.15, -0.1) is 0 Å². The van der Waals surface area contributed by atoms with Gasteiger partial charge in [-0.05, 0) is 51.8 Å². The second-order valence-electron chi connectivity index (χ2n) is 6.00. The van der Waals surface area contributed by atoms with Gasteiger partial charge in [-0.25, -0.2) is 4.79 Å². The second kappa shape index (κ2) is 7.61. The number of nitrogens with zero attached hydrogens (tertiary/aromatic N) is 1. The van der Waals surface area contributed by atoms with Crippen LogP contribution < -0.4 is 5.32 Å². The van der Waals surface area contributed by atoms with E-state index in [1.54, 1.807) is 6.26 Å². The fourth-order valence-electron chi connectivity index (χ4n) is 2.82. The molecular weight excluding hydrogens is 268 g/mol. The van der Waals surface area contributed by atoms with E-state index < -0.39 is 5.97 Å². The summed E-state index contributed by atoms with van der Waals surface area (Å²) >= 11 is 0. The maximum absolute atomic E-state index is 11.7. The third-order valence-corrected chi connectivity index (χ3v) is 4.11. The predicted octanol–water partition coefficient (Wildman–Crippen LogP) is 2.28. The molecule has 1 aromatic heterocycles. The van der Waals surface area contributed by atoms with Crippen LogP contribution in [0.4, 0.5) is 0 Å². The summed E-state index contributed by atoms with van der Waals surface area (Å²) < 4.78 is 10.0. The molecule has 0 aromatic carbocycles. The number of furan rings is 1. The summed E-state index contributed by atoms with van der Waals surface area (Å²) in [4.78, 5) is 14.1. The molecule has 1 saturated heterocycles. The van der Waals surface area contributed by atoms with Crippen LogP contribution in [0.2, 0.25) is 0 Å². The first-order chi connectivity index (χ1) is 10.1. The van der Waals surface area contributed by atoms with Crippen molar-refractivity contribution in [2.75, 3.05) is 26.7 Å². The van der Waals surface area contributed by atoms with Crippen molar-refractivity contribution in [3.63, 3.8) is 0 Å². The first kappa shape index (κ1) is 16.0. The molecule has 118 valence electrons. The first-order valence-corrected chi connectivity index (χ1v) is 7.71. The van der Waals surface area contributed by atoms with Gasteiger partial charge in [-0.3, -0.25) is 4.90 Å². The highest BCUT2D eigenvalue weighted by Gasteiger charge is 2.22. The molecule has 0 spiro atoms. The van der Waals surface area contributed by atoms with E-state index in [1.807, 2.05) is 6.07 Å². The lowest BCUT2D eigenvalue weighted by Crippen LogP contribution is -2.40. The minimum Gasteiger partial charge on any atom is -0.463 e. The fourth-order valence-corrected chi connectivity index (χ4v) is 2.82. The first-order valence-electron chi connectivity index (χ1n) is 7.71. The Kier molecular flexibility index (Phi) is 5.82. The van der Waals surface area contributed by atoms with Gasteiger partial charge in [0.15, 0.2) is 0 Å². The highest BCUT2D eigenvalue weighted by atomic mass is 16.5. The van der Waals surface area contributed by atoms with Crippen LogP contribution in [0.15, 0.2) is 16.7 Å². The van der Waals surface area contributed by atoms with Crippen molar-refractivity contribution in [2.45, 2.75) is 39.3 Å². The average molecular weight is 294 g/mol. The average Bonchev–Trinajstić information content (AvgIpc) is 2.95. The summed E-state index contributed by atoms with van der Waals surface area (Å²) in [7, 11) is 1.38. The monoisotopic (exact) mass is 294 g/mol. The molecule has 5 nitrogen and oxygen atoms in total. The highest BCUT2D eigenvalue weighted by Crippen LogP contribution is 2.19. The number of esters is 1. The van der Waals surface area contributed by atoms with Crippen molar-refractivity contribution in [3.8, 4) is 0 Å². The summed E-state index contributed by atoms with van der Waals surface area (Å²) in [5, 5.41) is 3.46. The van der Waals surface area contributed by atoms with Crippen LogP contribution in [-0.4, -0.2) is 43.7 Å². The zero-order valence-corrected chi connectivity index (χ0v) is 13.2. The predicted molar refractivity (Wildman–Crippen MR) is 81.2 cm³/mol. The number of ether oxygens (including phenoxy) is 1. The van der Waals surface area contributed by atoms with Gasteiger partial charge >= 0.3 is 5.97 Å². The van der Waals surface area contributed by atoms with Crippen LogP contribution in [0.1, 0.15) is 42.8 Å². The maximum atomic E-state index is 11.7. The molecule has 1 aliphatic rings. The summed E-state index contributed by atoms with van der Waals surface area (Å²) in [5.41, 5.74) is 0.902. The minimum atomic E-state index is -0.405. The highest BCUT2D eigenvalue weighted by molar-refractivity contribution is 5.87. The second-order valence-corrected chi connectivity index (χ2v) is 6.00. The van der Waals surface area contributed by atoms with E-state index in [-0.39, 0.29) is 0 Å². The topological polar surface area (TPSA) is 54.7 Å². The number of hydrogen-bond acceptors (Lipinski definition) is 5. The molecule has 1 atom stereocenters. The normalized spacial score (nSPS) is 19.2. The smallest absolute Gasteiger partial charge is 0.374 e. The Morgan fingerprint density at radius 1 is 1.57 bits per heavy atom. The summed E-state index contributed by atoms with van der Waals surface area (Å²) in [6.07, 6.45) is 4.07. The van der Waals surface area contributed by atoms with Crippen LogP contribution in [0.25, 0.3) is 0 Å². The number of carbonyl (C=O) groups excluding carboxylic acids is 1. The molecular formula is C16H26N2O3. The van der Waals surface area contributed by atoms with Gasteiger partial charge in [0.2, 0.25) is 5.76 Å². The Bertz CT molecular complexity index is 450. The molecule has 1 N–H and O–H groups in total. The van der Waals surface area contributed by atoms with E-state index in [0.29, 0.717) is 17.7 Å². The summed E-state index contributed by atoms with van der Waals surface area (Å²) in [6, 6.07) is 2.29. The molecule has 2 rings (SSSR count). The number of rotatable bonds is 6. The van der Waals surface area contributed by atoms with Gasteiger partial charge in [0.05, 0.1) is 13.4 Å². The summed E-state index contributed by atoms with van der Waals surface area (Å²) in [5.74, 6) is 0.595. The summed E-state index contributed by atoms with van der Waals surface area (Å²) in [6.45, 7) is 8.35. The molecule has 0 amide bonds. The van der Waals surface area contributed by atoms with Crippen LogP contribution >= 0.6 is 0 Å². The van der Waals surface area contributed by atoms with Gasteiger partial charge in [-0.2, -0.15) is 0 Å². The number of piperidine rings is 1. The zero-order valence-electron chi connectivity index (χ0n) is 13.2. The van der Waals surface area contributed by atoms with E-state index in [2.05, 4.69) is 24.1 Å². The lowest BCUT2D eigenvalue weighted by Gasteiger charge is -2.32. The van der Waals surface area contributed by atoms with Crippen molar-refractivity contribution in [3.05, 3.63) is 23.7 Å². The van der Waals surface area contributed by atoms with Crippen molar-refractivity contribution in [1.82, 2.24) is 10.2 Å². The van der Waals surface area contributed by atoms with Gasteiger partial charge in [0.1, 0.15) is 0 Å². The molecule has 0 radical (unpaired) electrons. The van der Waals surface area contributed by atoms with E-state index in [9.17, 15) is 4.79 Å². The molecule has 1 fully saturated rings. The molecule has 21 heavy (non-hydrogen) atoms. The minimum absolute atomic E-state index is 0.324.